The summed E-state index contributed by atoms with van der Waals surface area (Å²) in [5.74, 6) is 0.537. The Morgan fingerprint density at radius 1 is 1.27 bits per heavy atom. The third kappa shape index (κ3) is 3.79. The van der Waals surface area contributed by atoms with Gasteiger partial charge in [-0.15, -0.1) is 0 Å². The van der Waals surface area contributed by atoms with Crippen LogP contribution in [0.5, 0.6) is 0 Å². The van der Waals surface area contributed by atoms with Gasteiger partial charge in [0.1, 0.15) is 0 Å². The van der Waals surface area contributed by atoms with E-state index in [1.165, 1.54) is 19.3 Å². The molecule has 4 heteroatoms. The molecule has 0 saturated heterocycles. The second kappa shape index (κ2) is 7.73. The molecule has 0 aromatic heterocycles. The molecule has 0 unspecified atom stereocenters. The molecule has 1 aliphatic heterocycles. The van der Waals surface area contributed by atoms with Crippen molar-refractivity contribution in [2.45, 2.75) is 45.4 Å². The summed E-state index contributed by atoms with van der Waals surface area (Å²) in [4.78, 5) is 24.4. The molecule has 0 atom stereocenters. The highest BCUT2D eigenvalue weighted by molar-refractivity contribution is 6.07. The van der Waals surface area contributed by atoms with Crippen LogP contribution in [0.15, 0.2) is 48.6 Å². The van der Waals surface area contributed by atoms with E-state index in [4.69, 9.17) is 0 Å². The van der Waals surface area contributed by atoms with Gasteiger partial charge in [0.25, 0.3) is 5.91 Å². The number of amides is 2. The van der Waals surface area contributed by atoms with E-state index < -0.39 is 0 Å². The van der Waals surface area contributed by atoms with Crippen LogP contribution in [0.25, 0.3) is 0 Å². The van der Waals surface area contributed by atoms with Gasteiger partial charge < -0.3 is 10.6 Å². The maximum atomic E-state index is 12.8. The van der Waals surface area contributed by atoms with Crippen LogP contribution in [0, 0.1) is 12.8 Å². The van der Waals surface area contributed by atoms with Crippen molar-refractivity contribution < 1.29 is 9.59 Å². The van der Waals surface area contributed by atoms with Crippen molar-refractivity contribution in [2.24, 2.45) is 5.92 Å². The number of anilines is 2. The number of hydrogen-bond acceptors (Lipinski definition) is 2. The first-order valence-corrected chi connectivity index (χ1v) is 9.24. The Balaban J connectivity index is 1.81. The van der Waals surface area contributed by atoms with Crippen molar-refractivity contribution in [1.29, 1.82) is 0 Å². The van der Waals surface area contributed by atoms with Crippen LogP contribution in [-0.4, -0.2) is 11.8 Å². The predicted molar refractivity (Wildman–Crippen MR) is 106 cm³/mol. The van der Waals surface area contributed by atoms with E-state index in [1.54, 1.807) is 12.2 Å². The average Bonchev–Trinajstić information content (AvgIpc) is 2.57. The summed E-state index contributed by atoms with van der Waals surface area (Å²) in [5.41, 5.74) is 5.18. The van der Waals surface area contributed by atoms with Crippen LogP contribution >= 0.6 is 0 Å². The number of allylic oxidation sites excluding steroid dienone is 2. The molecule has 1 saturated carbocycles. The SMILES string of the molecule is C=C/C(CC1CCC1)=C(\C=C)C(=O)Nc1cc(C)c2c(c1)CCC(=O)N2. The van der Waals surface area contributed by atoms with Crippen molar-refractivity contribution in [3.63, 3.8) is 0 Å². The smallest absolute Gasteiger partial charge is 0.255 e. The van der Waals surface area contributed by atoms with E-state index in [0.29, 0.717) is 24.3 Å². The third-order valence-corrected chi connectivity index (χ3v) is 5.34. The Hall–Kier alpha value is -2.62. The maximum Gasteiger partial charge on any atom is 0.255 e. The van der Waals surface area contributed by atoms with E-state index in [2.05, 4.69) is 23.8 Å². The Bertz CT molecular complexity index is 801. The molecule has 1 heterocycles. The summed E-state index contributed by atoms with van der Waals surface area (Å²) in [6.45, 7) is 9.65. The van der Waals surface area contributed by atoms with Crippen molar-refractivity contribution >= 4 is 23.2 Å². The van der Waals surface area contributed by atoms with Gasteiger partial charge >= 0.3 is 0 Å². The highest BCUT2D eigenvalue weighted by Gasteiger charge is 2.22. The van der Waals surface area contributed by atoms with Gasteiger partial charge in [-0.1, -0.05) is 44.6 Å². The second-order valence-corrected chi connectivity index (χ2v) is 7.18. The zero-order valence-electron chi connectivity index (χ0n) is 15.4. The molecular weight excluding hydrogens is 324 g/mol. The van der Waals surface area contributed by atoms with Crippen molar-refractivity contribution in [3.05, 3.63) is 59.7 Å². The second-order valence-electron chi connectivity index (χ2n) is 7.18. The Labute approximate surface area is 155 Å². The fourth-order valence-electron chi connectivity index (χ4n) is 3.64. The molecule has 0 radical (unpaired) electrons. The monoisotopic (exact) mass is 350 g/mol. The van der Waals surface area contributed by atoms with Crippen LogP contribution < -0.4 is 10.6 Å². The molecule has 26 heavy (non-hydrogen) atoms. The molecule has 1 fully saturated rings. The van der Waals surface area contributed by atoms with Crippen molar-refractivity contribution in [3.8, 4) is 0 Å². The minimum atomic E-state index is -0.159. The van der Waals surface area contributed by atoms with Crippen molar-refractivity contribution in [1.82, 2.24) is 0 Å². The molecule has 2 N–H and O–H groups in total. The van der Waals surface area contributed by atoms with Gasteiger partial charge in [0.15, 0.2) is 0 Å². The number of hydrogen-bond donors (Lipinski definition) is 2. The Morgan fingerprint density at radius 2 is 2.04 bits per heavy atom. The zero-order valence-corrected chi connectivity index (χ0v) is 15.4. The summed E-state index contributed by atoms with van der Waals surface area (Å²) >= 11 is 0. The number of fused-ring (bicyclic) bond motifs is 1. The third-order valence-electron chi connectivity index (χ3n) is 5.34. The van der Waals surface area contributed by atoms with Gasteiger partial charge in [0.2, 0.25) is 5.91 Å². The fourth-order valence-corrected chi connectivity index (χ4v) is 3.64. The van der Waals surface area contributed by atoms with Gasteiger partial charge in [-0.3, -0.25) is 9.59 Å². The van der Waals surface area contributed by atoms with Gasteiger partial charge in [-0.05, 0) is 54.5 Å². The molecule has 0 spiro atoms. The highest BCUT2D eigenvalue weighted by atomic mass is 16.2. The van der Waals surface area contributed by atoms with Crippen LogP contribution in [-0.2, 0) is 16.0 Å². The summed E-state index contributed by atoms with van der Waals surface area (Å²) in [6, 6.07) is 3.84. The topological polar surface area (TPSA) is 58.2 Å². The van der Waals surface area contributed by atoms with Gasteiger partial charge in [0.05, 0.1) is 0 Å². The first kappa shape index (κ1) is 18.2. The quantitative estimate of drug-likeness (QED) is 0.578. The molecule has 2 aliphatic rings. The van der Waals surface area contributed by atoms with Crippen LogP contribution in [0.2, 0.25) is 0 Å². The Morgan fingerprint density at radius 3 is 2.65 bits per heavy atom. The number of carbonyl (C=O) groups is 2. The highest BCUT2D eigenvalue weighted by Crippen LogP contribution is 2.34. The molecule has 4 nitrogen and oxygen atoms in total. The van der Waals surface area contributed by atoms with E-state index in [9.17, 15) is 9.59 Å². The molecule has 1 aromatic rings. The lowest BCUT2D eigenvalue weighted by atomic mass is 9.80. The summed E-state index contributed by atoms with van der Waals surface area (Å²) < 4.78 is 0. The molecule has 0 bridgehead atoms. The number of benzene rings is 1. The summed E-state index contributed by atoms with van der Waals surface area (Å²) in [7, 11) is 0. The molecule has 136 valence electrons. The number of rotatable bonds is 6. The van der Waals surface area contributed by atoms with Crippen LogP contribution in [0.1, 0.15) is 43.2 Å². The number of nitrogens with one attached hydrogen (secondary N) is 2. The van der Waals surface area contributed by atoms with Gasteiger partial charge in [-0.25, -0.2) is 0 Å². The standard InChI is InChI=1S/C22H26N2O2/c1-4-16(12-15-7-6-8-15)19(5-2)22(26)23-18-11-14(3)21-17(13-18)9-10-20(25)24-21/h4-5,11,13,15H,1-2,6-10,12H2,3H3,(H,23,26)(H,24,25)/b19-16-. The average molecular weight is 350 g/mol. The van der Waals surface area contributed by atoms with Crippen LogP contribution in [0.3, 0.4) is 0 Å². The lowest BCUT2D eigenvalue weighted by molar-refractivity contribution is -0.116. The molecule has 3 rings (SSSR count). The van der Waals surface area contributed by atoms with Gasteiger partial charge in [0, 0.05) is 23.4 Å². The molecular formula is C22H26N2O2. The minimum Gasteiger partial charge on any atom is -0.326 e. The lowest BCUT2D eigenvalue weighted by Gasteiger charge is -2.26. The van der Waals surface area contributed by atoms with E-state index >= 15 is 0 Å². The predicted octanol–water partition coefficient (Wildman–Crippen LogP) is 4.68. The normalized spacial score (nSPS) is 17.3. The first-order chi connectivity index (χ1) is 12.5. The maximum absolute atomic E-state index is 12.8. The minimum absolute atomic E-state index is 0.0425. The summed E-state index contributed by atoms with van der Waals surface area (Å²) in [5, 5.41) is 5.90. The number of aryl methyl sites for hydroxylation is 2. The largest absolute Gasteiger partial charge is 0.326 e. The van der Waals surface area contributed by atoms with E-state index in [1.807, 2.05) is 19.1 Å². The molecule has 1 aliphatic carbocycles. The van der Waals surface area contributed by atoms with Crippen LogP contribution in [0.4, 0.5) is 11.4 Å². The lowest BCUT2D eigenvalue weighted by Crippen LogP contribution is -2.21. The number of carbonyl (C=O) groups excluding carboxylic acids is 2. The van der Waals surface area contributed by atoms with E-state index in [0.717, 1.165) is 34.5 Å². The molecule has 2 amide bonds. The van der Waals surface area contributed by atoms with Gasteiger partial charge in [-0.2, -0.15) is 0 Å². The first-order valence-electron chi connectivity index (χ1n) is 9.24. The molecule has 1 aromatic carbocycles. The summed E-state index contributed by atoms with van der Waals surface area (Å²) in [6.07, 6.45) is 9.17. The fraction of sp³-hybridized carbons (Fsp3) is 0.364. The Kier molecular flexibility index (Phi) is 5.40. The van der Waals surface area contributed by atoms with E-state index in [-0.39, 0.29) is 11.8 Å². The van der Waals surface area contributed by atoms with Crippen molar-refractivity contribution in [2.75, 3.05) is 10.6 Å². The zero-order chi connectivity index (χ0) is 18.7.